The average Bonchev–Trinajstić information content (AvgIpc) is 3.23. The van der Waals surface area contributed by atoms with Gasteiger partial charge < -0.3 is 21.3 Å². The molecule has 2 aromatic heterocycles. The van der Waals surface area contributed by atoms with E-state index in [1.807, 2.05) is 24.7 Å². The zero-order valence-electron chi connectivity index (χ0n) is 20.2. The summed E-state index contributed by atoms with van der Waals surface area (Å²) < 4.78 is 24.8. The maximum absolute atomic E-state index is 9.87. The molecule has 31 heavy (non-hydrogen) atoms. The number of ether oxygens (including phenoxy) is 1. The van der Waals surface area contributed by atoms with E-state index in [0.29, 0.717) is 16.7 Å². The topological polar surface area (TPSA) is 112 Å². The molecule has 0 aliphatic rings. The fourth-order valence-electron chi connectivity index (χ4n) is 2.73. The summed E-state index contributed by atoms with van der Waals surface area (Å²) in [6.07, 6.45) is 5.19. The van der Waals surface area contributed by atoms with E-state index in [0.717, 1.165) is 5.56 Å². The highest BCUT2D eigenvalue weighted by Gasteiger charge is 2.11. The Labute approximate surface area is 185 Å². The highest BCUT2D eigenvalue weighted by molar-refractivity contribution is 5.65. The molecule has 7 nitrogen and oxygen atoms in total. The van der Waals surface area contributed by atoms with E-state index in [4.69, 9.17) is 18.9 Å². The molecular weight excluding hydrogens is 390 g/mol. The number of aliphatic hydroxyl groups is 1. The van der Waals surface area contributed by atoms with Crippen molar-refractivity contribution in [1.29, 1.82) is 0 Å². The second-order valence-corrected chi connectivity index (χ2v) is 8.00. The van der Waals surface area contributed by atoms with Crippen molar-refractivity contribution >= 4 is 5.82 Å². The molecule has 0 saturated carbocycles. The molecule has 0 aliphatic heterocycles. The van der Waals surface area contributed by atoms with Gasteiger partial charge in [0.25, 0.3) is 0 Å². The zero-order valence-corrected chi connectivity index (χ0v) is 18.2. The predicted molar refractivity (Wildman–Crippen MR) is 122 cm³/mol. The molecule has 0 amide bonds. The quantitative estimate of drug-likeness (QED) is 0.527. The predicted octanol–water partition coefficient (Wildman–Crippen LogP) is 3.27. The molecule has 0 bridgehead atoms. The van der Waals surface area contributed by atoms with E-state index >= 15 is 0 Å². The van der Waals surface area contributed by atoms with Crippen molar-refractivity contribution in [3.8, 4) is 28.7 Å². The largest absolute Gasteiger partial charge is 0.485 e. The highest BCUT2D eigenvalue weighted by atomic mass is 16.5. The van der Waals surface area contributed by atoms with Gasteiger partial charge in [-0.25, -0.2) is 4.98 Å². The Morgan fingerprint density at radius 3 is 2.65 bits per heavy atom. The molecule has 0 saturated heterocycles. The monoisotopic (exact) mass is 421 g/mol. The zero-order chi connectivity index (χ0) is 24.4. The first-order valence-corrected chi connectivity index (χ1v) is 9.97. The molecule has 7 heteroatoms. The molecule has 1 aromatic carbocycles. The van der Waals surface area contributed by atoms with Gasteiger partial charge in [0.15, 0.2) is 11.6 Å². The summed E-state index contributed by atoms with van der Waals surface area (Å²) >= 11 is 0. The molecular formula is C24H29N5O2. The molecule has 0 unspecified atom stereocenters. The molecule has 0 aliphatic carbocycles. The van der Waals surface area contributed by atoms with E-state index in [1.54, 1.807) is 50.5 Å². The van der Waals surface area contributed by atoms with Crippen LogP contribution >= 0.6 is 0 Å². The maximum atomic E-state index is 9.87. The number of rotatable bonds is 6. The van der Waals surface area contributed by atoms with E-state index in [1.165, 1.54) is 0 Å². The Bertz CT molecular complexity index is 1200. The van der Waals surface area contributed by atoms with Crippen LogP contribution in [0.3, 0.4) is 0 Å². The summed E-state index contributed by atoms with van der Waals surface area (Å²) in [6, 6.07) is 6.84. The first kappa shape index (κ1) is 19.6. The minimum absolute atomic E-state index is 0.0613. The van der Waals surface area contributed by atoms with Gasteiger partial charge in [-0.1, -0.05) is 17.9 Å². The number of nitrogens with zero attached hydrogens (tertiary/aromatic N) is 3. The number of anilines is 1. The van der Waals surface area contributed by atoms with Gasteiger partial charge in [-0.15, -0.1) is 0 Å². The van der Waals surface area contributed by atoms with Crippen LogP contribution in [0.1, 0.15) is 53.2 Å². The number of benzene rings is 1. The summed E-state index contributed by atoms with van der Waals surface area (Å²) in [5.41, 5.74) is 13.5. The van der Waals surface area contributed by atoms with Crippen molar-refractivity contribution in [1.82, 2.24) is 14.8 Å². The molecule has 0 radical (unpaired) electrons. The summed E-state index contributed by atoms with van der Waals surface area (Å²) in [4.78, 5) is 4.18. The minimum atomic E-state index is -2.27. The van der Waals surface area contributed by atoms with Crippen LogP contribution in [-0.4, -0.2) is 25.5 Å². The Morgan fingerprint density at radius 1 is 1.23 bits per heavy atom. The lowest BCUT2D eigenvalue weighted by molar-refractivity contribution is 0.143. The average molecular weight is 422 g/mol. The van der Waals surface area contributed by atoms with Crippen molar-refractivity contribution in [3.63, 3.8) is 0 Å². The van der Waals surface area contributed by atoms with Crippen LogP contribution in [0.15, 0.2) is 42.9 Å². The van der Waals surface area contributed by atoms with Gasteiger partial charge in [0, 0.05) is 41.7 Å². The lowest BCUT2D eigenvalue weighted by atomic mass is 10.0. The van der Waals surface area contributed by atoms with Crippen molar-refractivity contribution in [2.45, 2.75) is 52.4 Å². The van der Waals surface area contributed by atoms with Crippen LogP contribution in [-0.2, 0) is 13.1 Å². The van der Waals surface area contributed by atoms with Gasteiger partial charge in [0.05, 0.1) is 8.94 Å². The third-order valence-corrected chi connectivity index (χ3v) is 4.46. The van der Waals surface area contributed by atoms with Gasteiger partial charge in [-0.05, 0) is 57.0 Å². The van der Waals surface area contributed by atoms with E-state index in [2.05, 4.69) is 21.9 Å². The SMILES string of the molecule is [2H]C([2H])(Oc1cc(-c2cnn(C(C)C)c2)cnc1N)c1cc(C#CC(C)(C)O)ccc1CN. The fourth-order valence-corrected chi connectivity index (χ4v) is 2.73. The lowest BCUT2D eigenvalue weighted by Crippen LogP contribution is -2.14. The molecule has 0 atom stereocenters. The van der Waals surface area contributed by atoms with Crippen molar-refractivity contribution < 1.29 is 12.6 Å². The third kappa shape index (κ3) is 5.85. The van der Waals surface area contributed by atoms with Crippen molar-refractivity contribution in [2.75, 3.05) is 5.73 Å². The van der Waals surface area contributed by atoms with Gasteiger partial charge >= 0.3 is 0 Å². The van der Waals surface area contributed by atoms with Gasteiger partial charge in [-0.3, -0.25) is 4.68 Å². The first-order valence-electron chi connectivity index (χ1n) is 11.0. The lowest BCUT2D eigenvalue weighted by Gasteiger charge is -2.13. The van der Waals surface area contributed by atoms with Crippen LogP contribution in [0.4, 0.5) is 5.82 Å². The number of hydrogen-bond donors (Lipinski definition) is 3. The minimum Gasteiger partial charge on any atom is -0.485 e. The third-order valence-electron chi connectivity index (χ3n) is 4.46. The Kier molecular flexibility index (Phi) is 5.83. The number of nitrogen functional groups attached to an aromatic ring is 1. The van der Waals surface area contributed by atoms with E-state index < -0.39 is 12.2 Å². The molecule has 2 heterocycles. The van der Waals surface area contributed by atoms with Crippen LogP contribution in [0, 0.1) is 11.8 Å². The molecule has 0 spiro atoms. The molecule has 3 aromatic rings. The van der Waals surface area contributed by atoms with Gasteiger partial charge in [0.1, 0.15) is 12.2 Å². The number of pyridine rings is 1. The summed E-state index contributed by atoms with van der Waals surface area (Å²) in [5, 5.41) is 14.2. The fraction of sp³-hybridized carbons (Fsp3) is 0.333. The standard InChI is InChI=1S/C24H29N5O2/c1-16(2)29-14-21(13-28-29)19-10-22(23(26)27-12-19)31-15-20-9-17(5-6-18(20)11-25)7-8-24(3,4)30/h5-6,9-10,12-14,16,30H,11,15,25H2,1-4H3,(H2,26,27)/i15D2. The number of hydrogen-bond acceptors (Lipinski definition) is 6. The highest BCUT2D eigenvalue weighted by Crippen LogP contribution is 2.28. The van der Waals surface area contributed by atoms with Crippen molar-refractivity contribution in [2.24, 2.45) is 5.73 Å². The smallest absolute Gasteiger partial charge is 0.166 e. The Balaban J connectivity index is 1.97. The Hall–Kier alpha value is -3.34. The van der Waals surface area contributed by atoms with E-state index in [9.17, 15) is 5.11 Å². The number of nitrogens with two attached hydrogens (primary N) is 2. The summed E-state index contributed by atoms with van der Waals surface area (Å²) in [6.45, 7) is 5.04. The van der Waals surface area contributed by atoms with E-state index in [-0.39, 0.29) is 29.7 Å². The van der Waals surface area contributed by atoms with Crippen LogP contribution in [0.5, 0.6) is 5.75 Å². The Morgan fingerprint density at radius 2 is 2.00 bits per heavy atom. The van der Waals surface area contributed by atoms with Gasteiger partial charge in [0.2, 0.25) is 0 Å². The summed E-state index contributed by atoms with van der Waals surface area (Å²) in [7, 11) is 0. The van der Waals surface area contributed by atoms with Crippen LogP contribution in [0.2, 0.25) is 0 Å². The molecule has 3 rings (SSSR count). The van der Waals surface area contributed by atoms with Gasteiger partial charge in [-0.2, -0.15) is 5.10 Å². The second kappa shape index (κ2) is 9.21. The van der Waals surface area contributed by atoms with Crippen LogP contribution < -0.4 is 16.2 Å². The number of aromatic nitrogens is 3. The molecule has 5 N–H and O–H groups in total. The first-order chi connectivity index (χ1) is 15.4. The molecule has 162 valence electrons. The maximum Gasteiger partial charge on any atom is 0.166 e. The summed E-state index contributed by atoms with van der Waals surface area (Å²) in [5.74, 6) is 5.74. The molecule has 0 fully saturated rings. The second-order valence-electron chi connectivity index (χ2n) is 8.00. The normalized spacial score (nSPS) is 12.7. The van der Waals surface area contributed by atoms with Crippen molar-refractivity contribution in [3.05, 3.63) is 59.5 Å². The van der Waals surface area contributed by atoms with Crippen LogP contribution in [0.25, 0.3) is 11.1 Å².